The van der Waals surface area contributed by atoms with Gasteiger partial charge in [0.05, 0.1) is 0 Å². The normalized spacial score (nSPS) is 12.7. The van der Waals surface area contributed by atoms with Gasteiger partial charge in [-0.2, -0.15) is 4.98 Å². The Labute approximate surface area is 86.0 Å². The average Bonchev–Trinajstić information content (AvgIpc) is 2.66. The minimum atomic E-state index is -0.788. The molecular weight excluding hydrogens is 196 g/mol. The lowest BCUT2D eigenvalue weighted by atomic mass is 10.2. The van der Waals surface area contributed by atoms with Crippen molar-refractivity contribution in [2.24, 2.45) is 0 Å². The Kier molecular flexibility index (Phi) is 2.39. The van der Waals surface area contributed by atoms with Crippen LogP contribution in [-0.4, -0.2) is 20.4 Å². The molecule has 0 radical (unpaired) electrons. The summed E-state index contributed by atoms with van der Waals surface area (Å²) in [6.45, 7) is 1.54. The van der Waals surface area contributed by atoms with Gasteiger partial charge in [-0.1, -0.05) is 17.3 Å². The first kappa shape index (κ1) is 9.67. The molecule has 0 spiro atoms. The van der Waals surface area contributed by atoms with Gasteiger partial charge in [0.25, 0.3) is 5.89 Å². The lowest BCUT2D eigenvalue weighted by Crippen LogP contribution is -1.90. The molecule has 0 saturated heterocycles. The number of aromatic nitrogens is 2. The second kappa shape index (κ2) is 3.70. The fourth-order valence-corrected chi connectivity index (χ4v) is 1.17. The Morgan fingerprint density at radius 1 is 1.40 bits per heavy atom. The van der Waals surface area contributed by atoms with Gasteiger partial charge in [-0.05, 0) is 19.1 Å². The topological polar surface area (TPSA) is 79.4 Å². The van der Waals surface area contributed by atoms with E-state index in [-0.39, 0.29) is 11.6 Å². The van der Waals surface area contributed by atoms with E-state index < -0.39 is 6.10 Å². The highest BCUT2D eigenvalue weighted by molar-refractivity contribution is 5.56. The molecule has 0 fully saturated rings. The SMILES string of the molecule is CC(O)c1nc(-c2cccc(O)c2)no1. The summed E-state index contributed by atoms with van der Waals surface area (Å²) in [6, 6.07) is 6.51. The van der Waals surface area contributed by atoms with Gasteiger partial charge in [0.2, 0.25) is 5.82 Å². The van der Waals surface area contributed by atoms with Crippen molar-refractivity contribution in [3.05, 3.63) is 30.2 Å². The number of aliphatic hydroxyl groups is 1. The summed E-state index contributed by atoms with van der Waals surface area (Å²) in [7, 11) is 0. The molecule has 0 bridgehead atoms. The number of aromatic hydroxyl groups is 1. The van der Waals surface area contributed by atoms with Crippen LogP contribution in [0.2, 0.25) is 0 Å². The molecule has 78 valence electrons. The molecule has 1 unspecified atom stereocenters. The first-order chi connectivity index (χ1) is 7.16. The maximum Gasteiger partial charge on any atom is 0.255 e. The molecular formula is C10H10N2O3. The third-order valence-electron chi connectivity index (χ3n) is 1.90. The highest BCUT2D eigenvalue weighted by atomic mass is 16.5. The largest absolute Gasteiger partial charge is 0.508 e. The molecule has 5 heteroatoms. The zero-order chi connectivity index (χ0) is 10.8. The molecule has 1 heterocycles. The van der Waals surface area contributed by atoms with E-state index in [4.69, 9.17) is 4.52 Å². The summed E-state index contributed by atoms with van der Waals surface area (Å²) in [5.74, 6) is 0.644. The lowest BCUT2D eigenvalue weighted by molar-refractivity contribution is 0.152. The van der Waals surface area contributed by atoms with Crippen LogP contribution in [0.5, 0.6) is 5.75 Å². The molecule has 0 aliphatic carbocycles. The van der Waals surface area contributed by atoms with E-state index in [1.165, 1.54) is 6.07 Å². The Hall–Kier alpha value is -1.88. The molecule has 2 rings (SSSR count). The Morgan fingerprint density at radius 3 is 2.80 bits per heavy atom. The summed E-state index contributed by atoms with van der Waals surface area (Å²) in [5, 5.41) is 22.1. The van der Waals surface area contributed by atoms with Crippen LogP contribution >= 0.6 is 0 Å². The highest BCUT2D eigenvalue weighted by Crippen LogP contribution is 2.21. The van der Waals surface area contributed by atoms with E-state index in [1.807, 2.05) is 0 Å². The van der Waals surface area contributed by atoms with E-state index in [1.54, 1.807) is 25.1 Å². The molecule has 15 heavy (non-hydrogen) atoms. The number of hydrogen-bond acceptors (Lipinski definition) is 5. The van der Waals surface area contributed by atoms with Crippen LogP contribution in [0.3, 0.4) is 0 Å². The van der Waals surface area contributed by atoms with Crippen LogP contribution < -0.4 is 0 Å². The lowest BCUT2D eigenvalue weighted by Gasteiger charge is -1.95. The van der Waals surface area contributed by atoms with E-state index >= 15 is 0 Å². The number of phenols is 1. The maximum absolute atomic E-state index is 9.25. The predicted molar refractivity (Wildman–Crippen MR) is 52.0 cm³/mol. The van der Waals surface area contributed by atoms with Crippen molar-refractivity contribution in [2.75, 3.05) is 0 Å². The number of hydrogen-bond donors (Lipinski definition) is 2. The summed E-state index contributed by atoms with van der Waals surface area (Å²) in [4.78, 5) is 3.98. The molecule has 0 saturated carbocycles. The van der Waals surface area contributed by atoms with Gasteiger partial charge in [-0.15, -0.1) is 0 Å². The van der Waals surface area contributed by atoms with Crippen molar-refractivity contribution in [3.63, 3.8) is 0 Å². The first-order valence-electron chi connectivity index (χ1n) is 4.48. The number of rotatable bonds is 2. The van der Waals surface area contributed by atoms with Crippen molar-refractivity contribution in [1.29, 1.82) is 0 Å². The molecule has 0 amide bonds. The van der Waals surface area contributed by atoms with E-state index in [0.29, 0.717) is 11.4 Å². The second-order valence-electron chi connectivity index (χ2n) is 3.18. The van der Waals surface area contributed by atoms with Crippen LogP contribution in [0.15, 0.2) is 28.8 Å². The molecule has 5 nitrogen and oxygen atoms in total. The quantitative estimate of drug-likeness (QED) is 0.778. The fraction of sp³-hybridized carbons (Fsp3) is 0.200. The van der Waals surface area contributed by atoms with Gasteiger partial charge in [0.15, 0.2) is 0 Å². The van der Waals surface area contributed by atoms with E-state index in [2.05, 4.69) is 10.1 Å². The van der Waals surface area contributed by atoms with Crippen molar-refractivity contribution >= 4 is 0 Å². The zero-order valence-corrected chi connectivity index (χ0v) is 8.08. The predicted octanol–water partition coefficient (Wildman–Crippen LogP) is 1.50. The van der Waals surface area contributed by atoms with Crippen LogP contribution in [0.1, 0.15) is 18.9 Å². The molecule has 1 aromatic carbocycles. The standard InChI is InChI=1S/C10H10N2O3/c1-6(13)10-11-9(12-15-10)7-3-2-4-8(14)5-7/h2-6,13-14H,1H3. The summed E-state index contributed by atoms with van der Waals surface area (Å²) in [6.07, 6.45) is -0.788. The zero-order valence-electron chi connectivity index (χ0n) is 8.08. The number of benzene rings is 1. The molecule has 0 aliphatic rings. The third kappa shape index (κ3) is 1.97. The van der Waals surface area contributed by atoms with Crippen molar-refractivity contribution < 1.29 is 14.7 Å². The number of phenolic OH excluding ortho intramolecular Hbond substituents is 1. The number of nitrogens with zero attached hydrogens (tertiary/aromatic N) is 2. The van der Waals surface area contributed by atoms with E-state index in [0.717, 1.165) is 0 Å². The second-order valence-corrected chi connectivity index (χ2v) is 3.18. The minimum Gasteiger partial charge on any atom is -0.508 e. The van der Waals surface area contributed by atoms with Gasteiger partial charge in [-0.3, -0.25) is 0 Å². The fourth-order valence-electron chi connectivity index (χ4n) is 1.17. The summed E-state index contributed by atoms with van der Waals surface area (Å²) >= 11 is 0. The molecule has 0 aliphatic heterocycles. The van der Waals surface area contributed by atoms with Crippen LogP contribution in [0, 0.1) is 0 Å². The smallest absolute Gasteiger partial charge is 0.255 e. The van der Waals surface area contributed by atoms with E-state index in [9.17, 15) is 10.2 Å². The van der Waals surface area contributed by atoms with Gasteiger partial charge < -0.3 is 14.7 Å². The van der Waals surface area contributed by atoms with Crippen LogP contribution in [0.25, 0.3) is 11.4 Å². The Balaban J connectivity index is 2.37. The van der Waals surface area contributed by atoms with Gasteiger partial charge >= 0.3 is 0 Å². The molecule has 1 aromatic heterocycles. The van der Waals surface area contributed by atoms with Crippen molar-refractivity contribution in [1.82, 2.24) is 10.1 Å². The minimum absolute atomic E-state index is 0.135. The van der Waals surface area contributed by atoms with Crippen LogP contribution in [-0.2, 0) is 0 Å². The summed E-state index contributed by atoms with van der Waals surface area (Å²) < 4.78 is 4.83. The Bertz CT molecular complexity index is 465. The van der Waals surface area contributed by atoms with Gasteiger partial charge in [0, 0.05) is 5.56 Å². The molecule has 2 aromatic rings. The molecule has 1 atom stereocenters. The maximum atomic E-state index is 9.25. The monoisotopic (exact) mass is 206 g/mol. The van der Waals surface area contributed by atoms with Crippen molar-refractivity contribution in [2.45, 2.75) is 13.0 Å². The molecule has 2 N–H and O–H groups in total. The first-order valence-corrected chi connectivity index (χ1v) is 4.48. The van der Waals surface area contributed by atoms with Crippen molar-refractivity contribution in [3.8, 4) is 17.1 Å². The van der Waals surface area contributed by atoms with Crippen LogP contribution in [0.4, 0.5) is 0 Å². The third-order valence-corrected chi connectivity index (χ3v) is 1.90. The average molecular weight is 206 g/mol. The summed E-state index contributed by atoms with van der Waals surface area (Å²) in [5.41, 5.74) is 0.644. The highest BCUT2D eigenvalue weighted by Gasteiger charge is 2.12. The van der Waals surface area contributed by atoms with Gasteiger partial charge in [-0.25, -0.2) is 0 Å². The van der Waals surface area contributed by atoms with Gasteiger partial charge in [0.1, 0.15) is 11.9 Å². The number of aliphatic hydroxyl groups excluding tert-OH is 1. The Morgan fingerprint density at radius 2 is 2.20 bits per heavy atom.